The second-order valence-electron chi connectivity index (χ2n) is 5.06. The maximum atomic E-state index is 12.2. The Kier molecular flexibility index (Phi) is 3.84. The van der Waals surface area contributed by atoms with Crippen LogP contribution in [0.1, 0.15) is 16.1 Å². The molecule has 0 aromatic carbocycles. The average Bonchev–Trinajstić information content (AvgIpc) is 3.04. The van der Waals surface area contributed by atoms with Gasteiger partial charge in [-0.25, -0.2) is 4.98 Å². The van der Waals surface area contributed by atoms with Crippen LogP contribution in [-0.4, -0.2) is 42.0 Å². The van der Waals surface area contributed by atoms with Crippen LogP contribution in [0.5, 0.6) is 0 Å². The monoisotopic (exact) mass is 305 g/mol. The molecular weight excluding hydrogens is 290 g/mol. The zero-order valence-corrected chi connectivity index (χ0v) is 12.5. The van der Waals surface area contributed by atoms with Gasteiger partial charge in [-0.3, -0.25) is 4.79 Å². The van der Waals surface area contributed by atoms with Crippen molar-refractivity contribution in [3.8, 4) is 0 Å². The fourth-order valence-corrected chi connectivity index (χ4v) is 2.54. The highest BCUT2D eigenvalue weighted by atomic mass is 35.5. The summed E-state index contributed by atoms with van der Waals surface area (Å²) in [6.45, 7) is 4.82. The summed E-state index contributed by atoms with van der Waals surface area (Å²) < 4.78 is 5.16. The number of carbonyl (C=O) groups is 1. The van der Waals surface area contributed by atoms with Gasteiger partial charge in [0, 0.05) is 26.2 Å². The Morgan fingerprint density at radius 1 is 1.33 bits per heavy atom. The van der Waals surface area contributed by atoms with Crippen LogP contribution in [0.25, 0.3) is 0 Å². The first kappa shape index (κ1) is 13.9. The first-order chi connectivity index (χ1) is 10.1. The summed E-state index contributed by atoms with van der Waals surface area (Å²) in [6.07, 6.45) is 3.30. The van der Waals surface area contributed by atoms with E-state index in [0.717, 1.165) is 24.3 Å². The molecule has 0 atom stereocenters. The van der Waals surface area contributed by atoms with Crippen molar-refractivity contribution in [2.45, 2.75) is 6.92 Å². The number of hydrogen-bond donors (Lipinski definition) is 0. The SMILES string of the molecule is Cc1cc(N2CCN(C(=O)c3ccco3)CC2)cnc1Cl. The van der Waals surface area contributed by atoms with Gasteiger partial charge in [0.15, 0.2) is 5.76 Å². The predicted molar refractivity (Wildman–Crippen MR) is 80.8 cm³/mol. The van der Waals surface area contributed by atoms with E-state index >= 15 is 0 Å². The molecule has 1 saturated heterocycles. The highest BCUT2D eigenvalue weighted by Crippen LogP contribution is 2.21. The van der Waals surface area contributed by atoms with Crippen molar-refractivity contribution in [3.05, 3.63) is 47.1 Å². The van der Waals surface area contributed by atoms with E-state index in [4.69, 9.17) is 16.0 Å². The lowest BCUT2D eigenvalue weighted by atomic mass is 10.2. The summed E-state index contributed by atoms with van der Waals surface area (Å²) in [5.74, 6) is 0.345. The second kappa shape index (κ2) is 5.77. The maximum absolute atomic E-state index is 12.2. The van der Waals surface area contributed by atoms with E-state index in [2.05, 4.69) is 9.88 Å². The molecule has 5 nitrogen and oxygen atoms in total. The molecule has 1 aliphatic rings. The zero-order valence-electron chi connectivity index (χ0n) is 11.8. The molecule has 1 amide bonds. The van der Waals surface area contributed by atoms with Crippen LogP contribution in [-0.2, 0) is 0 Å². The Morgan fingerprint density at radius 3 is 2.71 bits per heavy atom. The number of piperazine rings is 1. The van der Waals surface area contributed by atoms with Gasteiger partial charge in [0.25, 0.3) is 5.91 Å². The minimum absolute atomic E-state index is 0.0509. The first-order valence-corrected chi connectivity index (χ1v) is 7.23. The topological polar surface area (TPSA) is 49.6 Å². The summed E-state index contributed by atoms with van der Waals surface area (Å²) >= 11 is 5.95. The first-order valence-electron chi connectivity index (χ1n) is 6.85. The number of hydrogen-bond acceptors (Lipinski definition) is 4. The Hall–Kier alpha value is -2.01. The van der Waals surface area contributed by atoms with Crippen LogP contribution in [0.4, 0.5) is 5.69 Å². The lowest BCUT2D eigenvalue weighted by Gasteiger charge is -2.35. The Bertz CT molecular complexity index is 634. The number of pyridine rings is 1. The van der Waals surface area contributed by atoms with Gasteiger partial charge in [-0.15, -0.1) is 0 Å². The molecule has 0 radical (unpaired) electrons. The van der Waals surface area contributed by atoms with Gasteiger partial charge in [0.1, 0.15) is 5.15 Å². The molecule has 6 heteroatoms. The molecule has 110 valence electrons. The van der Waals surface area contributed by atoms with Crippen molar-refractivity contribution < 1.29 is 9.21 Å². The van der Waals surface area contributed by atoms with Gasteiger partial charge in [-0.1, -0.05) is 11.6 Å². The summed E-state index contributed by atoms with van der Waals surface area (Å²) in [6, 6.07) is 5.45. The van der Waals surface area contributed by atoms with E-state index < -0.39 is 0 Å². The van der Waals surface area contributed by atoms with Gasteiger partial charge >= 0.3 is 0 Å². The number of aryl methyl sites for hydroxylation is 1. The minimum Gasteiger partial charge on any atom is -0.459 e. The van der Waals surface area contributed by atoms with Crippen molar-refractivity contribution in [2.24, 2.45) is 0 Å². The van der Waals surface area contributed by atoms with Gasteiger partial charge < -0.3 is 14.2 Å². The normalized spacial score (nSPS) is 15.3. The Morgan fingerprint density at radius 2 is 2.10 bits per heavy atom. The highest BCUT2D eigenvalue weighted by Gasteiger charge is 2.24. The number of halogens is 1. The van der Waals surface area contributed by atoms with Crippen molar-refractivity contribution in [1.29, 1.82) is 0 Å². The Balaban J connectivity index is 1.65. The largest absolute Gasteiger partial charge is 0.459 e. The zero-order chi connectivity index (χ0) is 14.8. The molecule has 2 aromatic rings. The third kappa shape index (κ3) is 2.88. The molecule has 0 unspecified atom stereocenters. The van der Waals surface area contributed by atoms with Gasteiger partial charge in [0.2, 0.25) is 0 Å². The molecule has 0 bridgehead atoms. The van der Waals surface area contributed by atoms with E-state index in [1.54, 1.807) is 18.3 Å². The maximum Gasteiger partial charge on any atom is 0.289 e. The van der Waals surface area contributed by atoms with E-state index in [1.165, 1.54) is 6.26 Å². The molecular formula is C15H16ClN3O2. The van der Waals surface area contributed by atoms with Crippen LogP contribution < -0.4 is 4.90 Å². The number of rotatable bonds is 2. The van der Waals surface area contributed by atoms with Crippen LogP contribution in [0.3, 0.4) is 0 Å². The minimum atomic E-state index is -0.0509. The van der Waals surface area contributed by atoms with E-state index in [0.29, 0.717) is 24.0 Å². The molecule has 1 fully saturated rings. The van der Waals surface area contributed by atoms with Crippen LogP contribution in [0.15, 0.2) is 35.1 Å². The predicted octanol–water partition coefficient (Wildman–Crippen LogP) is 2.60. The quantitative estimate of drug-likeness (QED) is 0.800. The fourth-order valence-electron chi connectivity index (χ4n) is 2.44. The molecule has 0 N–H and O–H groups in total. The number of furan rings is 1. The molecule has 21 heavy (non-hydrogen) atoms. The third-order valence-electron chi connectivity index (χ3n) is 3.66. The average molecular weight is 306 g/mol. The smallest absolute Gasteiger partial charge is 0.289 e. The number of aromatic nitrogens is 1. The van der Waals surface area contributed by atoms with E-state index in [-0.39, 0.29) is 5.91 Å². The van der Waals surface area contributed by atoms with Crippen molar-refractivity contribution in [2.75, 3.05) is 31.1 Å². The summed E-state index contributed by atoms with van der Waals surface area (Å²) in [7, 11) is 0. The van der Waals surface area contributed by atoms with E-state index in [1.807, 2.05) is 17.9 Å². The van der Waals surface area contributed by atoms with Crippen LogP contribution in [0.2, 0.25) is 5.15 Å². The number of anilines is 1. The van der Waals surface area contributed by atoms with Crippen LogP contribution in [0, 0.1) is 6.92 Å². The Labute approximate surface area is 128 Å². The lowest BCUT2D eigenvalue weighted by molar-refractivity contribution is 0.0714. The van der Waals surface area contributed by atoms with Crippen molar-refractivity contribution in [3.63, 3.8) is 0 Å². The van der Waals surface area contributed by atoms with Gasteiger partial charge in [0.05, 0.1) is 18.1 Å². The highest BCUT2D eigenvalue weighted by molar-refractivity contribution is 6.30. The van der Waals surface area contributed by atoms with Crippen molar-refractivity contribution in [1.82, 2.24) is 9.88 Å². The van der Waals surface area contributed by atoms with E-state index in [9.17, 15) is 4.79 Å². The standard InChI is InChI=1S/C15H16ClN3O2/c1-11-9-12(10-17-14(11)16)18-4-6-19(7-5-18)15(20)13-3-2-8-21-13/h2-3,8-10H,4-7H2,1H3. The molecule has 0 saturated carbocycles. The summed E-state index contributed by atoms with van der Waals surface area (Å²) in [4.78, 5) is 20.4. The molecule has 2 aromatic heterocycles. The summed E-state index contributed by atoms with van der Waals surface area (Å²) in [5.41, 5.74) is 2.00. The van der Waals surface area contributed by atoms with Gasteiger partial charge in [-0.2, -0.15) is 0 Å². The second-order valence-corrected chi connectivity index (χ2v) is 5.42. The van der Waals surface area contributed by atoms with Gasteiger partial charge in [-0.05, 0) is 30.7 Å². The molecule has 3 rings (SSSR count). The number of amides is 1. The third-order valence-corrected chi connectivity index (χ3v) is 4.06. The molecule has 0 aliphatic carbocycles. The lowest BCUT2D eigenvalue weighted by Crippen LogP contribution is -2.48. The van der Waals surface area contributed by atoms with Crippen molar-refractivity contribution >= 4 is 23.2 Å². The molecule has 0 spiro atoms. The summed E-state index contributed by atoms with van der Waals surface area (Å²) in [5, 5.41) is 0.533. The number of carbonyl (C=O) groups excluding carboxylic acids is 1. The fraction of sp³-hybridized carbons (Fsp3) is 0.333. The molecule has 1 aliphatic heterocycles. The number of nitrogens with zero attached hydrogens (tertiary/aromatic N) is 3. The van der Waals surface area contributed by atoms with Crippen LogP contribution >= 0.6 is 11.6 Å². The molecule has 3 heterocycles.